The zero-order valence-corrected chi connectivity index (χ0v) is 31.1. The first-order chi connectivity index (χ1) is 25.6. The second kappa shape index (κ2) is 19.5. The molecule has 0 amide bonds. The first-order valence-electron chi connectivity index (χ1n) is 20.5. The van der Waals surface area contributed by atoms with Crippen LogP contribution in [-0.2, 0) is 51.0 Å². The molecule has 12 heteroatoms. The van der Waals surface area contributed by atoms with Crippen LogP contribution in [0, 0.1) is 11.8 Å². The largest absolute Gasteiger partial charge is 0.372 e. The van der Waals surface area contributed by atoms with Crippen LogP contribution in [0.15, 0.2) is 24.3 Å². The zero-order valence-electron chi connectivity index (χ0n) is 31.1. The van der Waals surface area contributed by atoms with E-state index < -0.39 is 0 Å². The van der Waals surface area contributed by atoms with Crippen LogP contribution in [0.5, 0.6) is 0 Å². The van der Waals surface area contributed by atoms with Crippen molar-refractivity contribution in [3.05, 3.63) is 35.4 Å². The van der Waals surface area contributed by atoms with Gasteiger partial charge in [-0.3, -0.25) is 19.6 Å². The highest BCUT2D eigenvalue weighted by atomic mass is 16.6. The van der Waals surface area contributed by atoms with E-state index in [1.807, 2.05) is 0 Å². The second-order valence-electron chi connectivity index (χ2n) is 17.2. The van der Waals surface area contributed by atoms with Gasteiger partial charge in [-0.25, -0.2) is 0 Å². The van der Waals surface area contributed by atoms with Crippen molar-refractivity contribution < 1.29 is 37.9 Å². The molecule has 0 N–H and O–H groups in total. The molecule has 1 saturated carbocycles. The second-order valence-corrected chi connectivity index (χ2v) is 17.2. The summed E-state index contributed by atoms with van der Waals surface area (Å²) in [7, 11) is 0. The number of hydrogen-bond donors (Lipinski definition) is 0. The molecular formula is C42H70N4O8. The van der Waals surface area contributed by atoms with Gasteiger partial charge in [0.25, 0.3) is 0 Å². The number of rotatable bonds is 24. The number of epoxide rings is 8. The van der Waals surface area contributed by atoms with Gasteiger partial charge in [0.05, 0.1) is 102 Å². The first-order valence-corrected chi connectivity index (χ1v) is 20.5. The average Bonchev–Trinajstić information content (AvgIpc) is 3.91. The molecule has 8 aliphatic heterocycles. The van der Waals surface area contributed by atoms with Gasteiger partial charge in [0.2, 0.25) is 0 Å². The van der Waals surface area contributed by atoms with Gasteiger partial charge in [0.1, 0.15) is 0 Å². The van der Waals surface area contributed by atoms with Gasteiger partial charge in [-0.1, -0.05) is 45.5 Å². The summed E-state index contributed by atoms with van der Waals surface area (Å²) in [4.78, 5) is 10.2. The first kappa shape index (κ1) is 40.9. The standard InChI is InChI=1S/C20H34N2O4.C20H28N2O4.2CH4/c2*1-2-15(5-21(7-17-11-23-17)8-18-12-24-18)4-16(3-1)6-22(9-19-13-25-19)10-20-14-26-20;;/h15-20H,1-14H2;1-4,17-20H,5-14H2;2*1H4. The summed E-state index contributed by atoms with van der Waals surface area (Å²) in [5, 5.41) is 0. The Balaban J connectivity index is 0.000000161. The van der Waals surface area contributed by atoms with Crippen LogP contribution >= 0.6 is 0 Å². The summed E-state index contributed by atoms with van der Waals surface area (Å²) >= 11 is 0. The van der Waals surface area contributed by atoms with Gasteiger partial charge in [-0.05, 0) is 42.2 Å². The van der Waals surface area contributed by atoms with Gasteiger partial charge in [-0.15, -0.1) is 0 Å². The number of hydrogen-bond acceptors (Lipinski definition) is 12. The van der Waals surface area contributed by atoms with E-state index in [0.29, 0.717) is 48.8 Å². The number of nitrogens with zero attached hydrogens (tertiary/aromatic N) is 4. The SMILES string of the molecule is C.C.C1CC(CN(CC2CO2)CC2CO2)CC(CN(CC2CO2)CC2CO2)C1.c1cc(CN(CC2CO2)CC2CO2)cc(CN(CC2CO2)CC2CO2)c1. The lowest BCUT2D eigenvalue weighted by Crippen LogP contribution is -2.40. The van der Waals surface area contributed by atoms with E-state index in [-0.39, 0.29) is 14.9 Å². The van der Waals surface area contributed by atoms with Crippen molar-refractivity contribution in [1.29, 1.82) is 0 Å². The van der Waals surface area contributed by atoms with Crippen molar-refractivity contribution in [1.82, 2.24) is 19.6 Å². The monoisotopic (exact) mass is 759 g/mol. The van der Waals surface area contributed by atoms with Crippen molar-refractivity contribution in [2.75, 3.05) is 118 Å². The molecule has 1 aromatic rings. The van der Waals surface area contributed by atoms with E-state index in [2.05, 4.69) is 43.9 Å². The number of ether oxygens (including phenoxy) is 8. The van der Waals surface area contributed by atoms with Crippen molar-refractivity contribution in [2.45, 2.75) is 102 Å². The highest BCUT2D eigenvalue weighted by Gasteiger charge is 2.36. The molecule has 54 heavy (non-hydrogen) atoms. The third-order valence-corrected chi connectivity index (χ3v) is 11.6. The van der Waals surface area contributed by atoms with Crippen LogP contribution in [0.25, 0.3) is 0 Å². The van der Waals surface area contributed by atoms with Gasteiger partial charge < -0.3 is 37.9 Å². The minimum absolute atomic E-state index is 0. The Bertz CT molecular complexity index is 1120. The highest BCUT2D eigenvalue weighted by Crippen LogP contribution is 2.32. The summed E-state index contributed by atoms with van der Waals surface area (Å²) in [5.74, 6) is 1.67. The predicted molar refractivity (Wildman–Crippen MR) is 207 cm³/mol. The molecular weight excluding hydrogens is 688 g/mol. The van der Waals surface area contributed by atoms with Crippen molar-refractivity contribution >= 4 is 0 Å². The molecule has 10 rings (SSSR count). The fourth-order valence-electron chi connectivity index (χ4n) is 8.35. The molecule has 8 saturated heterocycles. The van der Waals surface area contributed by atoms with Crippen LogP contribution in [0.3, 0.4) is 0 Å². The maximum atomic E-state index is 5.48. The quantitative estimate of drug-likeness (QED) is 0.145. The Hall–Kier alpha value is -1.26. The Morgan fingerprint density at radius 1 is 0.407 bits per heavy atom. The van der Waals surface area contributed by atoms with E-state index in [1.54, 1.807) is 0 Å². The molecule has 9 aliphatic rings. The summed E-state index contributed by atoms with van der Waals surface area (Å²) in [6, 6.07) is 9.00. The molecule has 0 spiro atoms. The lowest BCUT2D eigenvalue weighted by molar-refractivity contribution is 0.125. The van der Waals surface area contributed by atoms with Gasteiger partial charge >= 0.3 is 0 Å². The maximum Gasteiger partial charge on any atom is 0.0936 e. The normalized spacial score (nSPS) is 34.8. The topological polar surface area (TPSA) is 113 Å². The van der Waals surface area contributed by atoms with Crippen LogP contribution in [-0.4, -0.2) is 187 Å². The molecule has 8 heterocycles. The van der Waals surface area contributed by atoms with Crippen molar-refractivity contribution in [3.8, 4) is 0 Å². The highest BCUT2D eigenvalue weighted by molar-refractivity contribution is 5.23. The summed E-state index contributed by atoms with van der Waals surface area (Å²) in [5.41, 5.74) is 2.74. The van der Waals surface area contributed by atoms with E-state index in [9.17, 15) is 0 Å². The lowest BCUT2D eigenvalue weighted by Gasteiger charge is -2.35. The average molecular weight is 759 g/mol. The smallest absolute Gasteiger partial charge is 0.0936 e. The van der Waals surface area contributed by atoms with E-state index in [4.69, 9.17) is 37.9 Å². The molecule has 9 fully saturated rings. The molecule has 0 bridgehead atoms. The Kier molecular flexibility index (Phi) is 14.7. The molecule has 10 unspecified atom stereocenters. The summed E-state index contributed by atoms with van der Waals surface area (Å²) in [6.45, 7) is 20.3. The minimum atomic E-state index is 0. The van der Waals surface area contributed by atoms with Crippen molar-refractivity contribution in [3.63, 3.8) is 0 Å². The van der Waals surface area contributed by atoms with E-state index in [1.165, 1.54) is 49.9 Å². The Morgan fingerprint density at radius 2 is 0.685 bits per heavy atom. The molecule has 1 aromatic carbocycles. The Labute approximate surface area is 324 Å². The molecule has 306 valence electrons. The molecule has 1 aliphatic carbocycles. The van der Waals surface area contributed by atoms with Crippen LogP contribution < -0.4 is 0 Å². The summed E-state index contributed by atoms with van der Waals surface area (Å²) in [6.07, 6.45) is 9.17. The Morgan fingerprint density at radius 3 is 0.963 bits per heavy atom. The van der Waals surface area contributed by atoms with Gasteiger partial charge in [-0.2, -0.15) is 0 Å². The molecule has 0 radical (unpaired) electrons. The zero-order chi connectivity index (χ0) is 34.7. The number of benzene rings is 1. The predicted octanol–water partition coefficient (Wildman–Crippen LogP) is 3.15. The third kappa shape index (κ3) is 15.2. The maximum absolute atomic E-state index is 5.48. The summed E-state index contributed by atoms with van der Waals surface area (Å²) < 4.78 is 43.6. The van der Waals surface area contributed by atoms with Crippen LogP contribution in [0.1, 0.15) is 51.7 Å². The molecule has 12 nitrogen and oxygen atoms in total. The molecule has 10 atom stereocenters. The van der Waals surface area contributed by atoms with Gasteiger partial charge in [0.15, 0.2) is 0 Å². The fourth-order valence-corrected chi connectivity index (χ4v) is 8.35. The van der Waals surface area contributed by atoms with E-state index >= 15 is 0 Å². The van der Waals surface area contributed by atoms with E-state index in [0.717, 1.165) is 130 Å². The minimum Gasteiger partial charge on any atom is -0.372 e. The van der Waals surface area contributed by atoms with Gasteiger partial charge in [0, 0.05) is 78.5 Å². The van der Waals surface area contributed by atoms with Crippen molar-refractivity contribution in [2.24, 2.45) is 11.8 Å². The lowest BCUT2D eigenvalue weighted by atomic mass is 9.80. The van der Waals surface area contributed by atoms with Crippen LogP contribution in [0.4, 0.5) is 0 Å². The molecule has 0 aromatic heterocycles. The third-order valence-electron chi connectivity index (χ3n) is 11.6. The van der Waals surface area contributed by atoms with Crippen LogP contribution in [0.2, 0.25) is 0 Å². The fraction of sp³-hybridized carbons (Fsp3) is 0.857.